The standard InChI is InChI=1S/C19H21BrN2O4/c1-13-2-4-15(5-3-13)25-12-18(23)22-10-8-14(9-11-22)21-19(24)16-6-7-17(20)26-16/h2-7,14H,8-12H2,1H3,(H,21,24). The zero-order chi connectivity index (χ0) is 18.5. The van der Waals surface area contributed by atoms with Gasteiger partial charge in [0.15, 0.2) is 17.0 Å². The summed E-state index contributed by atoms with van der Waals surface area (Å²) in [5, 5.41) is 2.95. The summed E-state index contributed by atoms with van der Waals surface area (Å²) in [6, 6.07) is 11.0. The lowest BCUT2D eigenvalue weighted by atomic mass is 10.0. The smallest absolute Gasteiger partial charge is 0.287 e. The number of benzene rings is 1. The fourth-order valence-corrected chi connectivity index (χ4v) is 3.14. The van der Waals surface area contributed by atoms with Gasteiger partial charge >= 0.3 is 0 Å². The Morgan fingerprint density at radius 3 is 2.50 bits per heavy atom. The summed E-state index contributed by atoms with van der Waals surface area (Å²) >= 11 is 3.18. The van der Waals surface area contributed by atoms with Crippen molar-refractivity contribution < 1.29 is 18.7 Å². The molecule has 1 aliphatic heterocycles. The molecule has 0 saturated carbocycles. The van der Waals surface area contributed by atoms with Crippen LogP contribution in [0.3, 0.4) is 0 Å². The van der Waals surface area contributed by atoms with Gasteiger partial charge in [-0.1, -0.05) is 17.7 Å². The predicted octanol–water partition coefficient (Wildman–Crippen LogP) is 3.15. The average molecular weight is 421 g/mol. The van der Waals surface area contributed by atoms with Crippen molar-refractivity contribution in [1.82, 2.24) is 10.2 Å². The highest BCUT2D eigenvalue weighted by Crippen LogP contribution is 2.16. The Morgan fingerprint density at radius 2 is 1.88 bits per heavy atom. The molecule has 0 bridgehead atoms. The Hall–Kier alpha value is -2.28. The Morgan fingerprint density at radius 1 is 1.19 bits per heavy atom. The first-order chi connectivity index (χ1) is 12.5. The number of nitrogens with one attached hydrogen (secondary N) is 1. The van der Waals surface area contributed by atoms with Crippen LogP contribution in [-0.4, -0.2) is 42.5 Å². The van der Waals surface area contributed by atoms with E-state index in [1.54, 1.807) is 17.0 Å². The highest BCUT2D eigenvalue weighted by Gasteiger charge is 2.25. The molecular formula is C19H21BrN2O4. The van der Waals surface area contributed by atoms with Crippen LogP contribution < -0.4 is 10.1 Å². The molecule has 1 aromatic heterocycles. The maximum Gasteiger partial charge on any atom is 0.287 e. The molecule has 0 atom stereocenters. The van der Waals surface area contributed by atoms with E-state index in [1.807, 2.05) is 31.2 Å². The maximum atomic E-state index is 12.3. The van der Waals surface area contributed by atoms with Crippen molar-refractivity contribution in [3.63, 3.8) is 0 Å². The molecule has 26 heavy (non-hydrogen) atoms. The third-order valence-corrected chi connectivity index (χ3v) is 4.79. The van der Waals surface area contributed by atoms with Crippen LogP contribution >= 0.6 is 15.9 Å². The molecule has 1 fully saturated rings. The van der Waals surface area contributed by atoms with Crippen LogP contribution in [0.2, 0.25) is 0 Å². The Kier molecular flexibility index (Phi) is 5.98. The minimum atomic E-state index is -0.233. The zero-order valence-electron chi connectivity index (χ0n) is 14.5. The molecule has 0 radical (unpaired) electrons. The van der Waals surface area contributed by atoms with Gasteiger partial charge in [-0.05, 0) is 60.0 Å². The van der Waals surface area contributed by atoms with E-state index in [2.05, 4.69) is 21.2 Å². The Labute approximate surface area is 160 Å². The number of likely N-dealkylation sites (tertiary alicyclic amines) is 1. The maximum absolute atomic E-state index is 12.3. The van der Waals surface area contributed by atoms with Crippen LogP contribution in [0.1, 0.15) is 29.0 Å². The van der Waals surface area contributed by atoms with Crippen molar-refractivity contribution in [2.75, 3.05) is 19.7 Å². The number of ether oxygens (including phenoxy) is 1. The van der Waals surface area contributed by atoms with Crippen molar-refractivity contribution in [3.8, 4) is 5.75 Å². The van der Waals surface area contributed by atoms with Gasteiger partial charge < -0.3 is 19.4 Å². The summed E-state index contributed by atoms with van der Waals surface area (Å²) in [4.78, 5) is 26.2. The van der Waals surface area contributed by atoms with Gasteiger partial charge in [0, 0.05) is 19.1 Å². The normalized spacial score (nSPS) is 14.9. The molecule has 0 unspecified atom stereocenters. The molecule has 3 rings (SSSR count). The molecule has 0 spiro atoms. The van der Waals surface area contributed by atoms with Gasteiger partial charge in [-0.25, -0.2) is 0 Å². The quantitative estimate of drug-likeness (QED) is 0.805. The number of carbonyl (C=O) groups is 2. The van der Waals surface area contributed by atoms with Gasteiger partial charge in [0.1, 0.15) is 5.75 Å². The SMILES string of the molecule is Cc1ccc(OCC(=O)N2CCC(NC(=O)c3ccc(Br)o3)CC2)cc1. The molecule has 138 valence electrons. The van der Waals surface area contributed by atoms with Crippen molar-refractivity contribution in [3.05, 3.63) is 52.4 Å². The highest BCUT2D eigenvalue weighted by atomic mass is 79.9. The van der Waals surface area contributed by atoms with E-state index in [-0.39, 0.29) is 30.2 Å². The fourth-order valence-electron chi connectivity index (χ4n) is 2.84. The molecule has 2 heterocycles. The van der Waals surface area contributed by atoms with E-state index in [1.165, 1.54) is 0 Å². The highest BCUT2D eigenvalue weighted by molar-refractivity contribution is 9.10. The second-order valence-corrected chi connectivity index (χ2v) is 7.12. The first-order valence-electron chi connectivity index (χ1n) is 8.55. The lowest BCUT2D eigenvalue weighted by Crippen LogP contribution is -2.47. The largest absolute Gasteiger partial charge is 0.484 e. The summed E-state index contributed by atoms with van der Waals surface area (Å²) in [6.07, 6.45) is 1.42. The first-order valence-corrected chi connectivity index (χ1v) is 9.34. The van der Waals surface area contributed by atoms with Crippen LogP contribution in [0.15, 0.2) is 45.5 Å². The number of carbonyl (C=O) groups excluding carboxylic acids is 2. The van der Waals surface area contributed by atoms with Gasteiger partial charge in [-0.15, -0.1) is 0 Å². The van der Waals surface area contributed by atoms with E-state index in [9.17, 15) is 9.59 Å². The topological polar surface area (TPSA) is 71.8 Å². The van der Waals surface area contributed by atoms with Crippen LogP contribution in [-0.2, 0) is 4.79 Å². The van der Waals surface area contributed by atoms with Crippen LogP contribution in [0.25, 0.3) is 0 Å². The zero-order valence-corrected chi connectivity index (χ0v) is 16.1. The molecule has 1 N–H and O–H groups in total. The number of rotatable bonds is 5. The minimum absolute atomic E-state index is 0.0283. The summed E-state index contributed by atoms with van der Waals surface area (Å²) in [5.41, 5.74) is 1.15. The van der Waals surface area contributed by atoms with Gasteiger partial charge in [-0.2, -0.15) is 0 Å². The molecular weight excluding hydrogens is 400 g/mol. The van der Waals surface area contributed by atoms with Crippen molar-refractivity contribution in [2.45, 2.75) is 25.8 Å². The molecule has 0 aliphatic carbocycles. The number of aryl methyl sites for hydroxylation is 1. The number of hydrogen-bond donors (Lipinski definition) is 1. The molecule has 1 aromatic carbocycles. The van der Waals surface area contributed by atoms with Crippen molar-refractivity contribution in [2.24, 2.45) is 0 Å². The second-order valence-electron chi connectivity index (χ2n) is 6.33. The van der Waals surface area contributed by atoms with E-state index in [0.29, 0.717) is 36.4 Å². The Balaban J connectivity index is 1.42. The van der Waals surface area contributed by atoms with E-state index in [0.717, 1.165) is 5.56 Å². The van der Waals surface area contributed by atoms with Crippen LogP contribution in [0.5, 0.6) is 5.75 Å². The minimum Gasteiger partial charge on any atom is -0.484 e. The molecule has 1 aliphatic rings. The van der Waals surface area contributed by atoms with Gasteiger partial charge in [-0.3, -0.25) is 9.59 Å². The first kappa shape index (κ1) is 18.5. The van der Waals surface area contributed by atoms with Crippen LogP contribution in [0, 0.1) is 6.92 Å². The third-order valence-electron chi connectivity index (χ3n) is 4.36. The summed E-state index contributed by atoms with van der Waals surface area (Å²) < 4.78 is 11.3. The summed E-state index contributed by atoms with van der Waals surface area (Å²) in [7, 11) is 0. The van der Waals surface area contributed by atoms with Crippen LogP contribution in [0.4, 0.5) is 0 Å². The lowest BCUT2D eigenvalue weighted by Gasteiger charge is -2.32. The van der Waals surface area contributed by atoms with E-state index < -0.39 is 0 Å². The fraction of sp³-hybridized carbons (Fsp3) is 0.368. The monoisotopic (exact) mass is 420 g/mol. The number of piperidine rings is 1. The summed E-state index contributed by atoms with van der Waals surface area (Å²) in [5.74, 6) is 0.700. The Bertz CT molecular complexity index is 764. The number of halogens is 1. The second kappa shape index (κ2) is 8.40. The lowest BCUT2D eigenvalue weighted by molar-refractivity contribution is -0.134. The number of amides is 2. The van der Waals surface area contributed by atoms with Crippen molar-refractivity contribution >= 4 is 27.7 Å². The average Bonchev–Trinajstić information content (AvgIpc) is 3.08. The number of nitrogens with zero attached hydrogens (tertiary/aromatic N) is 1. The molecule has 6 nitrogen and oxygen atoms in total. The van der Waals surface area contributed by atoms with Crippen molar-refractivity contribution in [1.29, 1.82) is 0 Å². The van der Waals surface area contributed by atoms with E-state index in [4.69, 9.17) is 9.15 Å². The van der Waals surface area contributed by atoms with Gasteiger partial charge in [0.25, 0.3) is 11.8 Å². The predicted molar refractivity (Wildman–Crippen MR) is 100 cm³/mol. The molecule has 1 saturated heterocycles. The molecule has 2 amide bonds. The van der Waals surface area contributed by atoms with Gasteiger partial charge in [0.2, 0.25) is 0 Å². The number of furan rings is 1. The molecule has 7 heteroatoms. The van der Waals surface area contributed by atoms with Gasteiger partial charge in [0.05, 0.1) is 0 Å². The third kappa shape index (κ3) is 4.88. The molecule has 2 aromatic rings. The summed E-state index contributed by atoms with van der Waals surface area (Å²) in [6.45, 7) is 3.23. The number of hydrogen-bond acceptors (Lipinski definition) is 4. The van der Waals surface area contributed by atoms with E-state index >= 15 is 0 Å².